The molecular weight excluding hydrogens is 208 g/mol. The van der Waals surface area contributed by atoms with Crippen LogP contribution in [0.15, 0.2) is 23.0 Å². The largest absolute Gasteiger partial charge is 0.333 e. The van der Waals surface area contributed by atoms with E-state index in [9.17, 15) is 14.4 Å². The number of nitrogens with one attached hydrogen (secondary N) is 1. The fourth-order valence-corrected chi connectivity index (χ4v) is 1.63. The Labute approximate surface area is 90.7 Å². The Morgan fingerprint density at radius 1 is 1.25 bits per heavy atom. The number of fused-ring (bicyclic) bond motifs is 1. The van der Waals surface area contributed by atoms with Crippen molar-refractivity contribution >= 4 is 22.7 Å². The van der Waals surface area contributed by atoms with Gasteiger partial charge in [-0.15, -0.1) is 0 Å². The van der Waals surface area contributed by atoms with Crippen molar-refractivity contribution < 1.29 is 9.59 Å². The van der Waals surface area contributed by atoms with Crippen LogP contribution in [0.1, 0.15) is 29.0 Å². The SMILES string of the molecule is CC(=O)c1ccc2[nH]c(=O)n(C(C)=O)c2c1. The van der Waals surface area contributed by atoms with E-state index >= 15 is 0 Å². The maximum atomic E-state index is 11.5. The molecule has 2 aromatic rings. The highest BCUT2D eigenvalue weighted by Crippen LogP contribution is 2.13. The minimum absolute atomic E-state index is 0.106. The van der Waals surface area contributed by atoms with Crippen molar-refractivity contribution in [2.24, 2.45) is 0 Å². The molecule has 82 valence electrons. The number of hydrogen-bond acceptors (Lipinski definition) is 3. The van der Waals surface area contributed by atoms with E-state index in [1.807, 2.05) is 0 Å². The highest BCUT2D eigenvalue weighted by Gasteiger charge is 2.11. The van der Waals surface area contributed by atoms with Gasteiger partial charge in [0.15, 0.2) is 5.78 Å². The second-order valence-electron chi connectivity index (χ2n) is 3.57. The lowest BCUT2D eigenvalue weighted by Gasteiger charge is -1.98. The third-order valence-corrected chi connectivity index (χ3v) is 2.40. The molecule has 16 heavy (non-hydrogen) atoms. The van der Waals surface area contributed by atoms with Crippen molar-refractivity contribution in [3.05, 3.63) is 34.2 Å². The molecule has 0 saturated carbocycles. The van der Waals surface area contributed by atoms with Crippen molar-refractivity contribution in [3.8, 4) is 0 Å². The van der Waals surface area contributed by atoms with Gasteiger partial charge in [-0.05, 0) is 25.1 Å². The van der Waals surface area contributed by atoms with Crippen LogP contribution in [0.2, 0.25) is 0 Å². The first kappa shape index (κ1) is 10.4. The molecule has 0 unspecified atom stereocenters. The smallest absolute Gasteiger partial charge is 0.305 e. The molecule has 5 nitrogen and oxygen atoms in total. The minimum atomic E-state index is -0.483. The van der Waals surface area contributed by atoms with E-state index in [0.717, 1.165) is 4.57 Å². The van der Waals surface area contributed by atoms with Crippen molar-refractivity contribution in [1.29, 1.82) is 0 Å². The van der Waals surface area contributed by atoms with Gasteiger partial charge in [-0.1, -0.05) is 0 Å². The number of aromatic amines is 1. The van der Waals surface area contributed by atoms with Gasteiger partial charge in [0.25, 0.3) is 0 Å². The molecule has 0 aliphatic heterocycles. The molecule has 5 heteroatoms. The number of aromatic nitrogens is 2. The number of carbonyl (C=O) groups is 2. The summed E-state index contributed by atoms with van der Waals surface area (Å²) in [4.78, 5) is 36.5. The monoisotopic (exact) mass is 218 g/mol. The lowest BCUT2D eigenvalue weighted by Crippen LogP contribution is -2.21. The molecule has 2 rings (SSSR count). The van der Waals surface area contributed by atoms with E-state index in [2.05, 4.69) is 4.98 Å². The molecule has 0 spiro atoms. The van der Waals surface area contributed by atoms with Crippen LogP contribution in [0.4, 0.5) is 0 Å². The van der Waals surface area contributed by atoms with Gasteiger partial charge in [-0.3, -0.25) is 9.59 Å². The zero-order valence-electron chi connectivity index (χ0n) is 8.90. The lowest BCUT2D eigenvalue weighted by atomic mass is 10.1. The van der Waals surface area contributed by atoms with E-state index in [4.69, 9.17) is 0 Å². The number of nitrogens with zero attached hydrogens (tertiary/aromatic N) is 1. The average molecular weight is 218 g/mol. The van der Waals surface area contributed by atoms with Crippen molar-refractivity contribution in [2.45, 2.75) is 13.8 Å². The molecule has 1 aromatic carbocycles. The molecule has 0 atom stereocenters. The van der Waals surface area contributed by atoms with Gasteiger partial charge in [0.1, 0.15) is 0 Å². The minimum Gasteiger partial charge on any atom is -0.305 e. The zero-order chi connectivity index (χ0) is 11.9. The Kier molecular flexibility index (Phi) is 2.23. The summed E-state index contributed by atoms with van der Waals surface area (Å²) in [6.07, 6.45) is 0. The Hall–Kier alpha value is -2.17. The third kappa shape index (κ3) is 1.46. The Morgan fingerprint density at radius 3 is 2.50 bits per heavy atom. The van der Waals surface area contributed by atoms with Gasteiger partial charge in [0.05, 0.1) is 11.0 Å². The van der Waals surface area contributed by atoms with E-state index in [1.165, 1.54) is 19.9 Å². The van der Waals surface area contributed by atoms with Gasteiger partial charge < -0.3 is 4.98 Å². The highest BCUT2D eigenvalue weighted by atomic mass is 16.2. The number of ketones is 1. The molecule has 0 aliphatic carbocycles. The average Bonchev–Trinajstić information content (AvgIpc) is 2.51. The maximum Gasteiger partial charge on any atom is 0.333 e. The van der Waals surface area contributed by atoms with Gasteiger partial charge >= 0.3 is 5.69 Å². The van der Waals surface area contributed by atoms with Gasteiger partial charge in [-0.2, -0.15) is 0 Å². The summed E-state index contributed by atoms with van der Waals surface area (Å²) in [5.41, 5.74) is 0.972. The van der Waals surface area contributed by atoms with Crippen LogP contribution < -0.4 is 5.69 Å². The van der Waals surface area contributed by atoms with E-state index < -0.39 is 5.69 Å². The van der Waals surface area contributed by atoms with Crippen molar-refractivity contribution in [3.63, 3.8) is 0 Å². The van der Waals surface area contributed by atoms with E-state index in [-0.39, 0.29) is 11.7 Å². The van der Waals surface area contributed by atoms with E-state index in [1.54, 1.807) is 12.1 Å². The van der Waals surface area contributed by atoms with Crippen LogP contribution in [0.5, 0.6) is 0 Å². The second-order valence-corrected chi connectivity index (χ2v) is 3.57. The summed E-state index contributed by atoms with van der Waals surface area (Å²) in [5, 5.41) is 0. The van der Waals surface area contributed by atoms with Crippen LogP contribution in [0.25, 0.3) is 11.0 Å². The third-order valence-electron chi connectivity index (χ3n) is 2.40. The molecule has 0 saturated heterocycles. The maximum absolute atomic E-state index is 11.5. The summed E-state index contributed by atoms with van der Waals surface area (Å²) in [5.74, 6) is -0.484. The number of hydrogen-bond donors (Lipinski definition) is 1. The quantitative estimate of drug-likeness (QED) is 0.731. The van der Waals surface area contributed by atoms with Crippen molar-refractivity contribution in [2.75, 3.05) is 0 Å². The van der Waals surface area contributed by atoms with Crippen LogP contribution in [0, 0.1) is 0 Å². The number of benzene rings is 1. The first-order valence-electron chi connectivity index (χ1n) is 4.77. The number of H-pyrrole nitrogens is 1. The standard InChI is InChI=1S/C11H10N2O3/c1-6(14)8-3-4-9-10(5-8)13(7(2)15)11(16)12-9/h3-5H,1-2H3,(H,12,16). The highest BCUT2D eigenvalue weighted by molar-refractivity contribution is 5.98. The first-order chi connectivity index (χ1) is 7.50. The molecular formula is C11H10N2O3. The number of imidazole rings is 1. The zero-order valence-corrected chi connectivity index (χ0v) is 8.90. The molecule has 1 N–H and O–H groups in total. The summed E-state index contributed by atoms with van der Waals surface area (Å²) in [6.45, 7) is 2.74. The van der Waals surface area contributed by atoms with Crippen LogP contribution >= 0.6 is 0 Å². The lowest BCUT2D eigenvalue weighted by molar-refractivity contribution is 0.0936. The van der Waals surface area contributed by atoms with Crippen molar-refractivity contribution in [1.82, 2.24) is 9.55 Å². The molecule has 1 heterocycles. The summed E-state index contributed by atoms with van der Waals surface area (Å²) in [6, 6.07) is 4.77. The predicted octanol–water partition coefficient (Wildman–Crippen LogP) is 1.19. The van der Waals surface area contributed by atoms with Gasteiger partial charge in [0.2, 0.25) is 5.91 Å². The second kappa shape index (κ2) is 3.44. The Morgan fingerprint density at radius 2 is 1.94 bits per heavy atom. The molecule has 1 aromatic heterocycles. The fourth-order valence-electron chi connectivity index (χ4n) is 1.63. The number of carbonyl (C=O) groups excluding carboxylic acids is 2. The van der Waals surface area contributed by atoms with Crippen LogP contribution in [-0.2, 0) is 0 Å². The Balaban J connectivity index is 2.85. The summed E-state index contributed by atoms with van der Waals surface area (Å²) < 4.78 is 1.02. The summed E-state index contributed by atoms with van der Waals surface area (Å²) >= 11 is 0. The predicted molar refractivity (Wildman–Crippen MR) is 58.9 cm³/mol. The topological polar surface area (TPSA) is 71.9 Å². The van der Waals surface area contributed by atoms with Crippen LogP contribution in [0.3, 0.4) is 0 Å². The Bertz CT molecular complexity index is 649. The molecule has 0 aliphatic rings. The first-order valence-corrected chi connectivity index (χ1v) is 4.77. The molecule has 0 fully saturated rings. The van der Waals surface area contributed by atoms with Crippen LogP contribution in [-0.4, -0.2) is 21.2 Å². The molecule has 0 radical (unpaired) electrons. The normalized spacial score (nSPS) is 10.6. The van der Waals surface area contributed by atoms with Gasteiger partial charge in [0, 0.05) is 12.5 Å². The molecule has 0 amide bonds. The number of Topliss-reactive ketones (excluding diaryl/α,β-unsaturated/α-hetero) is 1. The molecule has 0 bridgehead atoms. The van der Waals surface area contributed by atoms with E-state index in [0.29, 0.717) is 16.6 Å². The number of rotatable bonds is 1. The summed E-state index contributed by atoms with van der Waals surface area (Å²) in [7, 11) is 0. The fraction of sp³-hybridized carbons (Fsp3) is 0.182. The van der Waals surface area contributed by atoms with Gasteiger partial charge in [-0.25, -0.2) is 9.36 Å².